The van der Waals surface area contributed by atoms with Crippen LogP contribution in [0.5, 0.6) is 0 Å². The van der Waals surface area contributed by atoms with Crippen LogP contribution in [0.4, 0.5) is 0 Å². The lowest BCUT2D eigenvalue weighted by Gasteiger charge is -2.26. The van der Waals surface area contributed by atoms with E-state index >= 15 is 0 Å². The second kappa shape index (κ2) is 6.80. The minimum atomic E-state index is -0.705. The Balaban J connectivity index is 2.38. The third-order valence-electron chi connectivity index (χ3n) is 2.20. The Kier molecular flexibility index (Phi) is 5.68. The molecule has 6 heteroatoms. The molecule has 1 saturated heterocycles. The Morgan fingerprint density at radius 3 is 2.89 bits per heavy atom. The van der Waals surface area contributed by atoms with Crippen molar-refractivity contribution in [2.45, 2.75) is 25.2 Å². The Labute approximate surface area is 111 Å². The topological polar surface area (TPSA) is 61.8 Å². The lowest BCUT2D eigenvalue weighted by atomic mass is 10.4. The Bertz CT molecular complexity index is 331. The molecule has 0 amide bonds. The summed E-state index contributed by atoms with van der Waals surface area (Å²) in [7, 11) is 0. The molecule has 1 heterocycles. The van der Waals surface area contributed by atoms with Crippen LogP contribution in [0.1, 0.15) is 20.3 Å². The van der Waals surface area contributed by atoms with Gasteiger partial charge in [0.15, 0.2) is 11.5 Å². The average molecular weight is 274 g/mol. The Hall–Kier alpha value is -1.01. The summed E-state index contributed by atoms with van der Waals surface area (Å²) in [6.45, 7) is 7.35. The first-order valence-corrected chi connectivity index (χ1v) is 6.68. The van der Waals surface area contributed by atoms with Crippen molar-refractivity contribution in [2.75, 3.05) is 25.6 Å². The number of esters is 2. The van der Waals surface area contributed by atoms with E-state index < -0.39 is 23.5 Å². The monoisotopic (exact) mass is 274 g/mol. The van der Waals surface area contributed by atoms with Crippen molar-refractivity contribution in [2.24, 2.45) is 0 Å². The molecule has 1 atom stereocenters. The molecule has 0 saturated carbocycles. The van der Waals surface area contributed by atoms with Crippen LogP contribution in [-0.2, 0) is 23.8 Å². The molecule has 0 aromatic carbocycles. The summed E-state index contributed by atoms with van der Waals surface area (Å²) >= 11 is 1.53. The summed E-state index contributed by atoms with van der Waals surface area (Å²) in [5.41, 5.74) is 0.251. The number of thioether (sulfide) groups is 1. The molecule has 0 aliphatic carbocycles. The lowest BCUT2D eigenvalue weighted by molar-refractivity contribution is -0.164. The van der Waals surface area contributed by atoms with Crippen LogP contribution in [0.3, 0.4) is 0 Å². The first kappa shape index (κ1) is 15.0. The van der Waals surface area contributed by atoms with E-state index in [2.05, 4.69) is 6.58 Å². The first-order valence-electron chi connectivity index (χ1n) is 5.69. The van der Waals surface area contributed by atoms with Gasteiger partial charge in [-0.25, -0.2) is 9.59 Å². The van der Waals surface area contributed by atoms with Gasteiger partial charge in [0.05, 0.1) is 6.61 Å². The molecule has 1 aliphatic rings. The highest BCUT2D eigenvalue weighted by atomic mass is 32.2. The number of carbonyl (C=O) groups excluding carboxylic acids is 2. The second-order valence-electron chi connectivity index (χ2n) is 4.22. The molecular formula is C12H18O5S. The summed E-state index contributed by atoms with van der Waals surface area (Å²) in [5.74, 6) is -0.304. The van der Waals surface area contributed by atoms with Crippen molar-refractivity contribution >= 4 is 23.7 Å². The van der Waals surface area contributed by atoms with E-state index in [0.29, 0.717) is 13.2 Å². The van der Waals surface area contributed by atoms with E-state index in [9.17, 15) is 9.59 Å². The van der Waals surface area contributed by atoms with Gasteiger partial charge in [-0.2, -0.15) is 0 Å². The molecule has 0 radical (unpaired) electrons. The molecule has 0 N–H and O–H groups in total. The second-order valence-corrected chi connectivity index (χ2v) is 5.78. The molecule has 0 aromatic rings. The molecule has 102 valence electrons. The highest BCUT2D eigenvalue weighted by Crippen LogP contribution is 2.30. The molecule has 0 aromatic heterocycles. The van der Waals surface area contributed by atoms with Gasteiger partial charge in [0.2, 0.25) is 0 Å². The lowest BCUT2D eigenvalue weighted by Crippen LogP contribution is -2.34. The maximum Gasteiger partial charge on any atom is 0.345 e. The largest absolute Gasteiger partial charge is 0.450 e. The van der Waals surface area contributed by atoms with Gasteiger partial charge in [0.25, 0.3) is 0 Å². The Morgan fingerprint density at radius 1 is 1.50 bits per heavy atom. The van der Waals surface area contributed by atoms with E-state index in [4.69, 9.17) is 14.2 Å². The normalized spacial score (nSPS) is 23.9. The molecule has 1 fully saturated rings. The summed E-state index contributed by atoms with van der Waals surface area (Å²) < 4.78 is 15.4. The fraction of sp³-hybridized carbons (Fsp3) is 0.667. The van der Waals surface area contributed by atoms with E-state index in [1.165, 1.54) is 18.7 Å². The van der Waals surface area contributed by atoms with Crippen LogP contribution in [0.15, 0.2) is 12.2 Å². The summed E-state index contributed by atoms with van der Waals surface area (Å²) in [4.78, 5) is 22.0. The third kappa shape index (κ3) is 5.10. The van der Waals surface area contributed by atoms with E-state index in [1.807, 2.05) is 0 Å². The van der Waals surface area contributed by atoms with Gasteiger partial charge in [-0.1, -0.05) is 6.58 Å². The molecule has 1 unspecified atom stereocenters. The standard InChI is InChI=1S/C12H18O5S/c1-9(2)11(14)16-7-10(13)17-12(3)8-15-5-4-6-18-12/h1,4-8H2,2-3H3. The molecule has 0 bridgehead atoms. The van der Waals surface area contributed by atoms with Gasteiger partial charge in [-0.05, 0) is 26.0 Å². The average Bonchev–Trinajstić information content (AvgIpc) is 2.50. The number of rotatable bonds is 4. The zero-order valence-corrected chi connectivity index (χ0v) is 11.5. The zero-order valence-electron chi connectivity index (χ0n) is 10.7. The maximum atomic E-state index is 11.6. The van der Waals surface area contributed by atoms with Gasteiger partial charge in [-0.3, -0.25) is 0 Å². The smallest absolute Gasteiger partial charge is 0.345 e. The molecule has 5 nitrogen and oxygen atoms in total. The highest BCUT2D eigenvalue weighted by molar-refractivity contribution is 8.00. The number of hydrogen-bond acceptors (Lipinski definition) is 6. The predicted molar refractivity (Wildman–Crippen MR) is 68.2 cm³/mol. The van der Waals surface area contributed by atoms with Gasteiger partial charge in [0, 0.05) is 12.2 Å². The minimum absolute atomic E-state index is 0.251. The van der Waals surface area contributed by atoms with Crippen LogP contribution in [0.25, 0.3) is 0 Å². The predicted octanol–water partition coefficient (Wildman–Crippen LogP) is 1.52. The van der Waals surface area contributed by atoms with Gasteiger partial charge in [0.1, 0.15) is 0 Å². The number of hydrogen-bond donors (Lipinski definition) is 0. The number of ether oxygens (including phenoxy) is 3. The van der Waals surface area contributed by atoms with Crippen LogP contribution >= 0.6 is 11.8 Å². The highest BCUT2D eigenvalue weighted by Gasteiger charge is 2.31. The molecule has 1 aliphatic heterocycles. The Morgan fingerprint density at radius 2 is 2.22 bits per heavy atom. The van der Waals surface area contributed by atoms with Crippen LogP contribution in [0, 0.1) is 0 Å². The summed E-state index contributed by atoms with van der Waals surface area (Å²) in [6.07, 6.45) is 0.933. The molecule has 1 rings (SSSR count). The van der Waals surface area contributed by atoms with Gasteiger partial charge < -0.3 is 14.2 Å². The fourth-order valence-corrected chi connectivity index (χ4v) is 2.34. The fourth-order valence-electron chi connectivity index (χ4n) is 1.33. The molecular weight excluding hydrogens is 256 g/mol. The number of carbonyl (C=O) groups is 2. The maximum absolute atomic E-state index is 11.6. The summed E-state index contributed by atoms with van der Waals surface area (Å²) in [5, 5.41) is 0. The van der Waals surface area contributed by atoms with Crippen molar-refractivity contribution in [1.82, 2.24) is 0 Å². The van der Waals surface area contributed by atoms with E-state index in [1.54, 1.807) is 6.92 Å². The SMILES string of the molecule is C=C(C)C(=O)OCC(=O)OC1(C)COCCCS1. The van der Waals surface area contributed by atoms with Crippen LogP contribution in [-0.4, -0.2) is 42.4 Å². The van der Waals surface area contributed by atoms with Crippen molar-refractivity contribution in [3.05, 3.63) is 12.2 Å². The van der Waals surface area contributed by atoms with E-state index in [-0.39, 0.29) is 5.57 Å². The third-order valence-corrected chi connectivity index (χ3v) is 3.51. The van der Waals surface area contributed by atoms with Gasteiger partial charge >= 0.3 is 11.9 Å². The van der Waals surface area contributed by atoms with Crippen molar-refractivity contribution < 1.29 is 23.8 Å². The minimum Gasteiger partial charge on any atom is -0.450 e. The zero-order chi connectivity index (χ0) is 13.6. The quantitative estimate of drug-likeness (QED) is 0.572. The molecule has 18 heavy (non-hydrogen) atoms. The van der Waals surface area contributed by atoms with Crippen LogP contribution in [0.2, 0.25) is 0 Å². The van der Waals surface area contributed by atoms with Crippen molar-refractivity contribution in [3.63, 3.8) is 0 Å². The van der Waals surface area contributed by atoms with Crippen LogP contribution < -0.4 is 0 Å². The van der Waals surface area contributed by atoms with E-state index in [0.717, 1.165) is 12.2 Å². The van der Waals surface area contributed by atoms with Crippen molar-refractivity contribution in [3.8, 4) is 0 Å². The van der Waals surface area contributed by atoms with Gasteiger partial charge in [-0.15, -0.1) is 11.8 Å². The summed E-state index contributed by atoms with van der Waals surface area (Å²) in [6, 6.07) is 0. The molecule has 0 spiro atoms. The van der Waals surface area contributed by atoms with Crippen molar-refractivity contribution in [1.29, 1.82) is 0 Å². The first-order chi connectivity index (χ1) is 8.43.